The van der Waals surface area contributed by atoms with Crippen molar-refractivity contribution in [2.75, 3.05) is 39.0 Å². The van der Waals surface area contributed by atoms with Crippen molar-refractivity contribution < 1.29 is 30.8 Å². The summed E-state index contributed by atoms with van der Waals surface area (Å²) in [4.78, 5) is 13.9. The van der Waals surface area contributed by atoms with Gasteiger partial charge in [0, 0.05) is 32.4 Å². The topological polar surface area (TPSA) is 101 Å². The Morgan fingerprint density at radius 3 is 2.17 bits per heavy atom. The second kappa shape index (κ2) is 8.70. The number of rotatable bonds is 6. The molecule has 1 fully saturated rings. The minimum Gasteiger partial charge on any atom is -0.484 e. The van der Waals surface area contributed by atoms with E-state index in [4.69, 9.17) is 4.74 Å². The molecule has 1 heterocycles. The van der Waals surface area contributed by atoms with Crippen LogP contribution < -0.4 is 4.74 Å². The highest BCUT2D eigenvalue weighted by Gasteiger charge is 2.30. The smallest absolute Gasteiger partial charge is 0.260 e. The first-order valence-corrected chi connectivity index (χ1v) is 12.4. The minimum atomic E-state index is -3.83. The van der Waals surface area contributed by atoms with Crippen LogP contribution in [0.1, 0.15) is 0 Å². The van der Waals surface area contributed by atoms with Crippen LogP contribution in [0, 0.1) is 5.82 Å². The second-order valence-corrected chi connectivity index (χ2v) is 10.7. The molecule has 3 rings (SSSR count). The number of hydrogen-bond donors (Lipinski definition) is 0. The summed E-state index contributed by atoms with van der Waals surface area (Å²) in [5.74, 6) is -0.598. The zero-order valence-electron chi connectivity index (χ0n) is 16.2. The first-order valence-electron chi connectivity index (χ1n) is 9.04. The molecule has 0 atom stereocenters. The van der Waals surface area contributed by atoms with Gasteiger partial charge in [-0.25, -0.2) is 21.2 Å². The molecule has 0 unspecified atom stereocenters. The van der Waals surface area contributed by atoms with Gasteiger partial charge in [0.1, 0.15) is 11.6 Å². The monoisotopic (exact) mass is 456 g/mol. The first kappa shape index (κ1) is 22.2. The molecule has 0 radical (unpaired) electrons. The highest BCUT2D eigenvalue weighted by molar-refractivity contribution is 7.90. The molecular weight excluding hydrogens is 435 g/mol. The molecule has 0 spiro atoms. The molecule has 2 aromatic carbocycles. The number of ether oxygens (including phenoxy) is 1. The third-order valence-electron chi connectivity index (χ3n) is 4.64. The summed E-state index contributed by atoms with van der Waals surface area (Å²) in [6, 6.07) is 10.5. The number of nitrogens with zero attached hydrogens (tertiary/aromatic N) is 2. The molecule has 2 aromatic rings. The van der Waals surface area contributed by atoms with Crippen LogP contribution in [0.4, 0.5) is 4.39 Å². The van der Waals surface area contributed by atoms with Gasteiger partial charge < -0.3 is 9.64 Å². The number of piperazine rings is 1. The van der Waals surface area contributed by atoms with Crippen molar-refractivity contribution in [1.82, 2.24) is 9.21 Å². The Labute approximate surface area is 174 Å². The van der Waals surface area contributed by atoms with E-state index in [1.165, 1.54) is 51.7 Å². The molecule has 1 amide bonds. The molecule has 162 valence electrons. The quantitative estimate of drug-likeness (QED) is 0.646. The van der Waals surface area contributed by atoms with Gasteiger partial charge in [-0.15, -0.1) is 0 Å². The molecule has 11 heteroatoms. The molecule has 0 bridgehead atoms. The second-order valence-electron chi connectivity index (χ2n) is 6.77. The van der Waals surface area contributed by atoms with Gasteiger partial charge in [0.25, 0.3) is 5.91 Å². The zero-order valence-corrected chi connectivity index (χ0v) is 17.8. The Bertz CT molecular complexity index is 1130. The van der Waals surface area contributed by atoms with Crippen LogP contribution in [0.3, 0.4) is 0 Å². The average molecular weight is 457 g/mol. The maximum absolute atomic E-state index is 13.4. The van der Waals surface area contributed by atoms with E-state index in [9.17, 15) is 26.0 Å². The van der Waals surface area contributed by atoms with Crippen LogP contribution in [-0.2, 0) is 24.7 Å². The van der Waals surface area contributed by atoms with Crippen molar-refractivity contribution >= 4 is 25.8 Å². The van der Waals surface area contributed by atoms with Crippen molar-refractivity contribution in [2.24, 2.45) is 0 Å². The van der Waals surface area contributed by atoms with Crippen LogP contribution in [0.5, 0.6) is 5.75 Å². The predicted molar refractivity (Wildman–Crippen MR) is 107 cm³/mol. The van der Waals surface area contributed by atoms with Crippen molar-refractivity contribution in [3.05, 3.63) is 54.3 Å². The average Bonchev–Trinajstić information content (AvgIpc) is 2.72. The molecule has 0 N–H and O–H groups in total. The largest absolute Gasteiger partial charge is 0.484 e. The number of halogens is 1. The Morgan fingerprint density at radius 1 is 0.967 bits per heavy atom. The molecule has 0 saturated carbocycles. The fraction of sp³-hybridized carbons (Fsp3) is 0.316. The van der Waals surface area contributed by atoms with Crippen molar-refractivity contribution in [3.63, 3.8) is 0 Å². The van der Waals surface area contributed by atoms with Crippen LogP contribution in [0.25, 0.3) is 0 Å². The van der Waals surface area contributed by atoms with E-state index in [0.29, 0.717) is 5.75 Å². The van der Waals surface area contributed by atoms with Gasteiger partial charge in [-0.3, -0.25) is 4.79 Å². The summed E-state index contributed by atoms with van der Waals surface area (Å²) < 4.78 is 68.1. The summed E-state index contributed by atoms with van der Waals surface area (Å²) >= 11 is 0. The molecule has 8 nitrogen and oxygen atoms in total. The lowest BCUT2D eigenvalue weighted by Crippen LogP contribution is -2.51. The van der Waals surface area contributed by atoms with E-state index in [2.05, 4.69) is 0 Å². The van der Waals surface area contributed by atoms with E-state index in [1.807, 2.05) is 0 Å². The minimum absolute atomic E-state index is 0.0909. The standard InChI is InChI=1S/C19H21FN2O6S2/c1-29(24,25)17-7-5-16(6-8-17)28-14-19(23)21-9-11-22(12-10-21)30(26,27)18-4-2-3-15(20)13-18/h2-8,13H,9-12,14H2,1H3. The van der Waals surface area contributed by atoms with Crippen molar-refractivity contribution in [3.8, 4) is 5.75 Å². The predicted octanol–water partition coefficient (Wildman–Crippen LogP) is 1.14. The summed E-state index contributed by atoms with van der Waals surface area (Å²) in [6.07, 6.45) is 1.10. The maximum atomic E-state index is 13.4. The van der Waals surface area contributed by atoms with Gasteiger partial charge >= 0.3 is 0 Å². The highest BCUT2D eigenvalue weighted by Crippen LogP contribution is 2.19. The summed E-state index contributed by atoms with van der Waals surface area (Å²) in [6.45, 7) is 0.295. The number of carbonyl (C=O) groups excluding carboxylic acids is 1. The van der Waals surface area contributed by atoms with E-state index in [-0.39, 0.29) is 48.5 Å². The van der Waals surface area contributed by atoms with Gasteiger partial charge in [0.15, 0.2) is 16.4 Å². The van der Waals surface area contributed by atoms with Gasteiger partial charge in [-0.2, -0.15) is 4.31 Å². The lowest BCUT2D eigenvalue weighted by Gasteiger charge is -2.34. The maximum Gasteiger partial charge on any atom is 0.260 e. The Hall–Kier alpha value is -2.50. The number of sulfone groups is 1. The SMILES string of the molecule is CS(=O)(=O)c1ccc(OCC(=O)N2CCN(S(=O)(=O)c3cccc(F)c3)CC2)cc1. The fourth-order valence-electron chi connectivity index (χ4n) is 2.97. The molecule has 30 heavy (non-hydrogen) atoms. The number of benzene rings is 2. The molecule has 0 aliphatic carbocycles. The third-order valence-corrected chi connectivity index (χ3v) is 7.66. The van der Waals surface area contributed by atoms with Crippen LogP contribution >= 0.6 is 0 Å². The third kappa shape index (κ3) is 5.15. The van der Waals surface area contributed by atoms with Crippen LogP contribution in [-0.4, -0.2) is 71.0 Å². The zero-order chi connectivity index (χ0) is 21.9. The van der Waals surface area contributed by atoms with Crippen molar-refractivity contribution in [1.29, 1.82) is 0 Å². The number of sulfonamides is 1. The molecule has 0 aromatic heterocycles. The van der Waals surface area contributed by atoms with Gasteiger partial charge in [0.2, 0.25) is 10.0 Å². The number of hydrogen-bond acceptors (Lipinski definition) is 6. The lowest BCUT2D eigenvalue weighted by atomic mass is 10.3. The van der Waals surface area contributed by atoms with E-state index in [0.717, 1.165) is 12.3 Å². The molecule has 1 aliphatic heterocycles. The van der Waals surface area contributed by atoms with E-state index < -0.39 is 25.7 Å². The van der Waals surface area contributed by atoms with Crippen LogP contribution in [0.2, 0.25) is 0 Å². The van der Waals surface area contributed by atoms with E-state index >= 15 is 0 Å². The summed E-state index contributed by atoms with van der Waals surface area (Å²) in [7, 11) is -7.14. The Balaban J connectivity index is 1.54. The summed E-state index contributed by atoms with van der Waals surface area (Å²) in [5.41, 5.74) is 0. The lowest BCUT2D eigenvalue weighted by molar-refractivity contribution is -0.134. The summed E-state index contributed by atoms with van der Waals surface area (Å²) in [5, 5.41) is 0. The van der Waals surface area contributed by atoms with Crippen molar-refractivity contribution in [2.45, 2.75) is 9.79 Å². The molecular formula is C19H21FN2O6S2. The fourth-order valence-corrected chi connectivity index (χ4v) is 5.06. The highest BCUT2D eigenvalue weighted by atomic mass is 32.2. The van der Waals surface area contributed by atoms with Gasteiger partial charge in [-0.05, 0) is 42.5 Å². The van der Waals surface area contributed by atoms with Gasteiger partial charge in [0.05, 0.1) is 9.79 Å². The first-order chi connectivity index (χ1) is 14.1. The normalized spacial score (nSPS) is 15.7. The van der Waals surface area contributed by atoms with Crippen LogP contribution in [0.15, 0.2) is 58.3 Å². The number of carbonyl (C=O) groups is 1. The number of amides is 1. The Kier molecular flexibility index (Phi) is 6.44. The van der Waals surface area contributed by atoms with E-state index in [1.54, 1.807) is 0 Å². The molecule has 1 aliphatic rings. The van der Waals surface area contributed by atoms with Gasteiger partial charge in [-0.1, -0.05) is 6.07 Å². The Morgan fingerprint density at radius 2 is 1.60 bits per heavy atom. The molecule has 1 saturated heterocycles.